The highest BCUT2D eigenvalue weighted by molar-refractivity contribution is 5.90. The van der Waals surface area contributed by atoms with Crippen LogP contribution >= 0.6 is 0 Å². The van der Waals surface area contributed by atoms with Crippen molar-refractivity contribution in [2.75, 3.05) is 6.61 Å². The Kier molecular flexibility index (Phi) is 8.05. The molecule has 0 spiro atoms. The first-order valence-corrected chi connectivity index (χ1v) is 18.1. The van der Waals surface area contributed by atoms with Crippen LogP contribution in [-0.2, 0) is 34.2 Å². The molecule has 0 aromatic heterocycles. The van der Waals surface area contributed by atoms with Gasteiger partial charge in [-0.3, -0.25) is 9.59 Å². The van der Waals surface area contributed by atoms with Crippen molar-refractivity contribution in [1.82, 2.24) is 0 Å². The predicted molar refractivity (Wildman–Crippen MR) is 178 cm³/mol. The first-order valence-electron chi connectivity index (χ1n) is 18.1. The Labute approximate surface area is 279 Å². The van der Waals surface area contributed by atoms with Crippen molar-refractivity contribution >= 4 is 28.7 Å². The van der Waals surface area contributed by atoms with Crippen LogP contribution in [0.2, 0.25) is 0 Å². The summed E-state index contributed by atoms with van der Waals surface area (Å²) in [6, 6.07) is 14.2. The number of hydrogen-bond acceptors (Lipinski definition) is 7. The first kappa shape index (κ1) is 32.6. The molecule has 7 nitrogen and oxygen atoms in total. The van der Waals surface area contributed by atoms with Crippen molar-refractivity contribution in [3.05, 3.63) is 48.0 Å². The molecule has 1 saturated heterocycles. The van der Waals surface area contributed by atoms with Crippen molar-refractivity contribution in [2.45, 2.75) is 116 Å². The number of hydrogen-bond donors (Lipinski definition) is 1. The van der Waals surface area contributed by atoms with E-state index < -0.39 is 46.0 Å². The molecule has 2 aromatic rings. The van der Waals surface area contributed by atoms with E-state index >= 15 is 0 Å². The molecule has 0 radical (unpaired) electrons. The van der Waals surface area contributed by atoms with Crippen molar-refractivity contribution in [3.8, 4) is 0 Å². The second-order valence-electron chi connectivity index (χ2n) is 16.7. The van der Waals surface area contributed by atoms with E-state index in [9.17, 15) is 19.5 Å². The van der Waals surface area contributed by atoms with Crippen LogP contribution in [0.5, 0.6) is 0 Å². The third-order valence-corrected chi connectivity index (χ3v) is 13.9. The molecule has 1 N–H and O–H groups in total. The van der Waals surface area contributed by atoms with Gasteiger partial charge in [-0.15, -0.1) is 0 Å². The van der Waals surface area contributed by atoms with Crippen molar-refractivity contribution in [3.63, 3.8) is 0 Å². The average Bonchev–Trinajstić information content (AvgIpc) is 3.45. The lowest BCUT2D eigenvalue weighted by Crippen LogP contribution is -2.61. The van der Waals surface area contributed by atoms with Crippen LogP contribution in [0.4, 0.5) is 0 Å². The quantitative estimate of drug-likeness (QED) is 0.235. The van der Waals surface area contributed by atoms with Crippen molar-refractivity contribution < 1.29 is 33.7 Å². The maximum atomic E-state index is 14.7. The molecule has 8 rings (SSSR count). The Balaban J connectivity index is 1.25. The standard InChI is InChI=1S/C40H52O7/c1-6-25-18-32(23-39(44,20-25)31-12-11-28-9-7-8-10-29(28)19-31)38(5,36(43)46-33-13-14-45-34(33)41)37(3,4)35(42)47-40-21-26-15-27(22-40)17-30(16-26)24(40)2/h7-12,19,24-27,30,32-33,44H,6,13-18,20-23H2,1-5H3. The summed E-state index contributed by atoms with van der Waals surface area (Å²) in [6.45, 7) is 10.0. The van der Waals surface area contributed by atoms with Gasteiger partial charge < -0.3 is 19.3 Å². The second kappa shape index (κ2) is 11.6. The molecule has 8 atom stereocenters. The lowest BCUT2D eigenvalue weighted by Gasteiger charge is -2.60. The summed E-state index contributed by atoms with van der Waals surface area (Å²) in [5, 5.41) is 14.7. The van der Waals surface area contributed by atoms with Gasteiger partial charge in [-0.25, -0.2) is 4.79 Å². The van der Waals surface area contributed by atoms with Crippen LogP contribution < -0.4 is 0 Å². The zero-order chi connectivity index (χ0) is 33.4. The monoisotopic (exact) mass is 644 g/mol. The minimum atomic E-state index is -1.39. The highest BCUT2D eigenvalue weighted by Crippen LogP contribution is 2.62. The Morgan fingerprint density at radius 3 is 2.30 bits per heavy atom. The van der Waals surface area contributed by atoms with E-state index in [1.54, 1.807) is 0 Å². The van der Waals surface area contributed by atoms with Crippen molar-refractivity contribution in [2.24, 2.45) is 46.3 Å². The molecule has 4 bridgehead atoms. The number of carbonyl (C=O) groups is 3. The maximum Gasteiger partial charge on any atom is 0.347 e. The number of benzene rings is 2. The summed E-state index contributed by atoms with van der Waals surface area (Å²) < 4.78 is 17.9. The highest BCUT2D eigenvalue weighted by Gasteiger charge is 2.64. The van der Waals surface area contributed by atoms with Crippen LogP contribution in [0.1, 0.15) is 104 Å². The molecule has 0 amide bonds. The summed E-state index contributed by atoms with van der Waals surface area (Å²) in [4.78, 5) is 41.9. The summed E-state index contributed by atoms with van der Waals surface area (Å²) in [5.41, 5.74) is -3.60. The highest BCUT2D eigenvalue weighted by atomic mass is 16.6. The molecule has 7 heteroatoms. The van der Waals surface area contributed by atoms with Gasteiger partial charge in [0.2, 0.25) is 6.10 Å². The predicted octanol–water partition coefficient (Wildman–Crippen LogP) is 7.50. The first-order chi connectivity index (χ1) is 22.3. The number of esters is 3. The smallest absolute Gasteiger partial charge is 0.347 e. The molecule has 5 saturated carbocycles. The molecule has 2 aromatic carbocycles. The third kappa shape index (κ3) is 5.30. The zero-order valence-corrected chi connectivity index (χ0v) is 28.8. The van der Waals surface area contributed by atoms with Gasteiger partial charge in [0.05, 0.1) is 23.0 Å². The van der Waals surface area contributed by atoms with E-state index in [4.69, 9.17) is 14.2 Å². The van der Waals surface area contributed by atoms with Gasteiger partial charge in [-0.2, -0.15) is 0 Å². The van der Waals surface area contributed by atoms with Gasteiger partial charge in [0.25, 0.3) is 0 Å². The van der Waals surface area contributed by atoms with E-state index in [-0.39, 0.29) is 30.8 Å². The maximum absolute atomic E-state index is 14.7. The fourth-order valence-electron chi connectivity index (χ4n) is 10.7. The molecular weight excluding hydrogens is 592 g/mol. The Bertz CT molecular complexity index is 1550. The Hall–Kier alpha value is -2.93. The van der Waals surface area contributed by atoms with Gasteiger partial charge in [-0.1, -0.05) is 56.7 Å². The van der Waals surface area contributed by atoms with E-state index in [2.05, 4.69) is 26.0 Å². The molecule has 5 aliphatic carbocycles. The summed E-state index contributed by atoms with van der Waals surface area (Å²) >= 11 is 0. The number of rotatable bonds is 8. The molecule has 8 unspecified atom stereocenters. The van der Waals surface area contributed by atoms with Crippen LogP contribution in [0, 0.1) is 46.3 Å². The number of aliphatic hydroxyl groups is 1. The summed E-state index contributed by atoms with van der Waals surface area (Å²) in [6.07, 6.45) is 7.05. The van der Waals surface area contributed by atoms with Gasteiger partial charge in [0.1, 0.15) is 5.60 Å². The SMILES string of the molecule is CCC1CC(C(C)(C(=O)OC2CCOC2=O)C(C)(C)C(=O)OC23CC4CC(CC(C4)C2C)C3)CC(O)(c2ccc3ccccc3c2)C1. The Morgan fingerprint density at radius 1 is 0.936 bits per heavy atom. The molecule has 254 valence electrons. The average molecular weight is 645 g/mol. The fourth-order valence-corrected chi connectivity index (χ4v) is 10.7. The van der Waals surface area contributed by atoms with E-state index in [1.807, 2.05) is 51.1 Å². The van der Waals surface area contributed by atoms with Crippen LogP contribution in [0.25, 0.3) is 10.8 Å². The molecule has 47 heavy (non-hydrogen) atoms. The molecule has 1 heterocycles. The summed E-state index contributed by atoms with van der Waals surface area (Å²) in [5.74, 6) is 0.196. The van der Waals surface area contributed by atoms with Crippen LogP contribution in [0.3, 0.4) is 0 Å². The van der Waals surface area contributed by atoms with Gasteiger partial charge in [0.15, 0.2) is 0 Å². The van der Waals surface area contributed by atoms with E-state index in [0.717, 1.165) is 35.6 Å². The normalized spacial score (nSPS) is 37.7. The lowest BCUT2D eigenvalue weighted by atomic mass is 9.50. The van der Waals surface area contributed by atoms with E-state index in [0.29, 0.717) is 37.0 Å². The summed E-state index contributed by atoms with van der Waals surface area (Å²) in [7, 11) is 0. The zero-order valence-electron chi connectivity index (χ0n) is 28.8. The number of cyclic esters (lactones) is 1. The number of fused-ring (bicyclic) bond motifs is 1. The fraction of sp³-hybridized carbons (Fsp3) is 0.675. The topological polar surface area (TPSA) is 99.1 Å². The second-order valence-corrected chi connectivity index (χ2v) is 16.7. The van der Waals surface area contributed by atoms with Gasteiger partial charge in [-0.05, 0) is 130 Å². The Morgan fingerprint density at radius 2 is 1.64 bits per heavy atom. The molecular formula is C40H52O7. The van der Waals surface area contributed by atoms with Crippen LogP contribution in [0.15, 0.2) is 42.5 Å². The minimum absolute atomic E-state index is 0.115. The minimum Gasteiger partial charge on any atom is -0.463 e. The van der Waals surface area contributed by atoms with E-state index in [1.165, 1.54) is 19.3 Å². The van der Waals surface area contributed by atoms with Gasteiger partial charge in [0, 0.05) is 6.42 Å². The van der Waals surface area contributed by atoms with Gasteiger partial charge >= 0.3 is 17.9 Å². The van der Waals surface area contributed by atoms with Crippen molar-refractivity contribution in [1.29, 1.82) is 0 Å². The molecule has 6 aliphatic rings. The molecule has 6 fully saturated rings. The van der Waals surface area contributed by atoms with Crippen LogP contribution in [-0.4, -0.2) is 41.3 Å². The lowest BCUT2D eigenvalue weighted by molar-refractivity contribution is -0.225. The number of carbonyl (C=O) groups excluding carboxylic acids is 3. The largest absolute Gasteiger partial charge is 0.463 e. The molecule has 1 aliphatic heterocycles. The number of ether oxygens (including phenoxy) is 3. The third-order valence-electron chi connectivity index (χ3n) is 13.9.